The summed E-state index contributed by atoms with van der Waals surface area (Å²) in [6.07, 6.45) is 3.19. The van der Waals surface area contributed by atoms with Crippen molar-refractivity contribution in [1.29, 1.82) is 0 Å². The molecule has 3 nitrogen and oxygen atoms in total. The average Bonchev–Trinajstić information content (AvgIpc) is 2.36. The molecule has 0 spiro atoms. The van der Waals surface area contributed by atoms with Gasteiger partial charge in [0.25, 0.3) is 0 Å². The Morgan fingerprint density at radius 1 is 1.32 bits per heavy atom. The van der Waals surface area contributed by atoms with E-state index in [4.69, 9.17) is 27.9 Å². The summed E-state index contributed by atoms with van der Waals surface area (Å²) in [6, 6.07) is 3.52. The van der Waals surface area contributed by atoms with E-state index >= 15 is 0 Å². The van der Waals surface area contributed by atoms with Crippen molar-refractivity contribution in [2.75, 3.05) is 7.05 Å². The molecule has 1 aliphatic carbocycles. The molecule has 2 rings (SSSR count). The Hall–Kier alpha value is -0.480. The van der Waals surface area contributed by atoms with Gasteiger partial charge in [-0.25, -0.2) is 0 Å². The third-order valence-electron chi connectivity index (χ3n) is 3.39. The highest BCUT2D eigenvalue weighted by Gasteiger charge is 2.26. The number of nitrogens with one attached hydrogen (secondary N) is 1. The van der Waals surface area contributed by atoms with Gasteiger partial charge in [0.1, 0.15) is 11.9 Å². The van der Waals surface area contributed by atoms with Gasteiger partial charge >= 0.3 is 0 Å². The number of benzene rings is 1. The second kappa shape index (κ2) is 6.80. The van der Waals surface area contributed by atoms with Gasteiger partial charge in [0.15, 0.2) is 0 Å². The van der Waals surface area contributed by atoms with Gasteiger partial charge in [-0.1, -0.05) is 29.6 Å². The number of rotatable bonds is 4. The van der Waals surface area contributed by atoms with Gasteiger partial charge in [-0.2, -0.15) is 0 Å². The summed E-state index contributed by atoms with van der Waals surface area (Å²) in [6.45, 7) is 0.623. The molecule has 1 aromatic carbocycles. The maximum Gasteiger partial charge on any atom is 0.143 e. The van der Waals surface area contributed by atoms with Crippen LogP contribution in [0, 0.1) is 0 Å². The molecule has 106 valence electrons. The van der Waals surface area contributed by atoms with E-state index in [9.17, 15) is 5.11 Å². The van der Waals surface area contributed by atoms with Crippen molar-refractivity contribution >= 4 is 23.2 Å². The van der Waals surface area contributed by atoms with Crippen molar-refractivity contribution in [3.63, 3.8) is 0 Å². The molecule has 19 heavy (non-hydrogen) atoms. The van der Waals surface area contributed by atoms with E-state index in [-0.39, 0.29) is 6.10 Å². The molecule has 1 fully saturated rings. The molecule has 0 saturated heterocycles. The Kier molecular flexibility index (Phi) is 5.34. The van der Waals surface area contributed by atoms with E-state index in [2.05, 4.69) is 5.32 Å². The zero-order valence-corrected chi connectivity index (χ0v) is 12.5. The number of halogens is 2. The van der Waals surface area contributed by atoms with E-state index in [1.165, 1.54) is 0 Å². The van der Waals surface area contributed by atoms with Gasteiger partial charge < -0.3 is 15.2 Å². The van der Waals surface area contributed by atoms with Crippen molar-refractivity contribution in [3.05, 3.63) is 27.7 Å². The van der Waals surface area contributed by atoms with Gasteiger partial charge in [0, 0.05) is 17.1 Å². The Labute approximate surface area is 123 Å². The fraction of sp³-hybridized carbons (Fsp3) is 0.571. The molecular weight excluding hydrogens is 285 g/mol. The highest BCUT2D eigenvalue weighted by atomic mass is 35.5. The molecule has 2 atom stereocenters. The smallest absolute Gasteiger partial charge is 0.143 e. The molecule has 0 amide bonds. The summed E-state index contributed by atoms with van der Waals surface area (Å²) >= 11 is 12.2. The summed E-state index contributed by atoms with van der Waals surface area (Å²) in [7, 11) is 1.86. The van der Waals surface area contributed by atoms with Gasteiger partial charge in [-0.05, 0) is 38.4 Å². The lowest BCUT2D eigenvalue weighted by molar-refractivity contribution is 0.00643. The van der Waals surface area contributed by atoms with Crippen LogP contribution in [0.25, 0.3) is 0 Å². The zero-order valence-electron chi connectivity index (χ0n) is 11.0. The van der Waals surface area contributed by atoms with Gasteiger partial charge in [0.05, 0.1) is 11.1 Å². The normalized spacial score (nSPS) is 23.4. The molecule has 0 heterocycles. The van der Waals surface area contributed by atoms with E-state index in [1.54, 1.807) is 6.07 Å². The number of ether oxygens (including phenoxy) is 1. The molecule has 1 aromatic rings. The highest BCUT2D eigenvalue weighted by Crippen LogP contribution is 2.35. The second-order valence-corrected chi connectivity index (χ2v) is 5.76. The third kappa shape index (κ3) is 3.76. The lowest BCUT2D eigenvalue weighted by atomic mass is 9.95. The first-order valence-electron chi connectivity index (χ1n) is 6.59. The Morgan fingerprint density at radius 2 is 2.05 bits per heavy atom. The van der Waals surface area contributed by atoms with Gasteiger partial charge in [0.2, 0.25) is 0 Å². The molecule has 2 N–H and O–H groups in total. The predicted octanol–water partition coefficient (Wildman–Crippen LogP) is 3.40. The Morgan fingerprint density at radius 3 is 2.74 bits per heavy atom. The number of hydrogen-bond donors (Lipinski definition) is 2. The number of aliphatic hydroxyl groups excluding tert-OH is 1. The van der Waals surface area contributed by atoms with E-state index < -0.39 is 6.10 Å². The summed E-state index contributed by atoms with van der Waals surface area (Å²) in [5.74, 6) is 0.631. The quantitative estimate of drug-likeness (QED) is 0.896. The monoisotopic (exact) mass is 303 g/mol. The highest BCUT2D eigenvalue weighted by molar-refractivity contribution is 6.35. The first kappa shape index (κ1) is 14.9. The van der Waals surface area contributed by atoms with Crippen molar-refractivity contribution < 1.29 is 9.84 Å². The zero-order chi connectivity index (χ0) is 13.8. The van der Waals surface area contributed by atoms with Crippen molar-refractivity contribution in [2.45, 2.75) is 44.4 Å². The van der Waals surface area contributed by atoms with Crippen LogP contribution in [-0.2, 0) is 6.54 Å². The van der Waals surface area contributed by atoms with E-state index in [0.717, 1.165) is 31.2 Å². The van der Waals surface area contributed by atoms with Crippen LogP contribution in [0.3, 0.4) is 0 Å². The molecule has 5 heteroatoms. The third-order valence-corrected chi connectivity index (χ3v) is 3.89. The largest absolute Gasteiger partial charge is 0.486 e. The predicted molar refractivity (Wildman–Crippen MR) is 78.1 cm³/mol. The van der Waals surface area contributed by atoms with Crippen LogP contribution in [0.1, 0.15) is 31.2 Å². The maximum atomic E-state index is 9.99. The Bertz CT molecular complexity index is 440. The van der Waals surface area contributed by atoms with Crippen LogP contribution in [0.2, 0.25) is 10.0 Å². The van der Waals surface area contributed by atoms with Crippen molar-refractivity contribution in [1.82, 2.24) is 5.32 Å². The molecule has 1 aliphatic rings. The van der Waals surface area contributed by atoms with Crippen LogP contribution in [0.5, 0.6) is 5.75 Å². The molecule has 0 aliphatic heterocycles. The molecule has 1 saturated carbocycles. The fourth-order valence-corrected chi connectivity index (χ4v) is 3.01. The lowest BCUT2D eigenvalue weighted by Gasteiger charge is -2.29. The Balaban J connectivity index is 2.22. The number of aliphatic hydroxyl groups is 1. The summed E-state index contributed by atoms with van der Waals surface area (Å²) in [5.41, 5.74) is 0.915. The summed E-state index contributed by atoms with van der Waals surface area (Å²) < 4.78 is 5.96. The minimum atomic E-state index is -0.414. The van der Waals surface area contributed by atoms with Crippen LogP contribution in [0.4, 0.5) is 0 Å². The van der Waals surface area contributed by atoms with Gasteiger partial charge in [-0.3, -0.25) is 0 Å². The molecule has 0 aromatic heterocycles. The standard InChI is InChI=1S/C14H19Cl2NO2/c1-17-8-9-6-10(15)7-11(16)14(9)19-13-5-3-2-4-12(13)18/h6-7,12-13,17-18H,2-5,8H2,1H3. The summed E-state index contributed by atoms with van der Waals surface area (Å²) in [5, 5.41) is 14.1. The fourth-order valence-electron chi connectivity index (χ4n) is 2.43. The lowest BCUT2D eigenvalue weighted by Crippen LogP contribution is -2.35. The van der Waals surface area contributed by atoms with Crippen LogP contribution in [-0.4, -0.2) is 24.4 Å². The topological polar surface area (TPSA) is 41.5 Å². The van der Waals surface area contributed by atoms with Crippen LogP contribution >= 0.6 is 23.2 Å². The van der Waals surface area contributed by atoms with Crippen molar-refractivity contribution in [2.24, 2.45) is 0 Å². The van der Waals surface area contributed by atoms with Crippen LogP contribution < -0.4 is 10.1 Å². The average molecular weight is 304 g/mol. The maximum absolute atomic E-state index is 9.99. The first-order valence-corrected chi connectivity index (χ1v) is 7.34. The molecule has 2 unspecified atom stereocenters. The van der Waals surface area contributed by atoms with E-state index in [1.807, 2.05) is 13.1 Å². The van der Waals surface area contributed by atoms with Crippen LogP contribution in [0.15, 0.2) is 12.1 Å². The molecule has 0 bridgehead atoms. The minimum absolute atomic E-state index is 0.178. The van der Waals surface area contributed by atoms with Crippen molar-refractivity contribution in [3.8, 4) is 5.75 Å². The van der Waals surface area contributed by atoms with E-state index in [0.29, 0.717) is 22.3 Å². The number of hydrogen-bond acceptors (Lipinski definition) is 3. The molecule has 0 radical (unpaired) electrons. The minimum Gasteiger partial charge on any atom is -0.486 e. The molecular formula is C14H19Cl2NO2. The second-order valence-electron chi connectivity index (χ2n) is 4.91. The summed E-state index contributed by atoms with van der Waals surface area (Å²) in [4.78, 5) is 0. The SMILES string of the molecule is CNCc1cc(Cl)cc(Cl)c1OC1CCCCC1O. The first-order chi connectivity index (χ1) is 9.11. The van der Waals surface area contributed by atoms with Gasteiger partial charge in [-0.15, -0.1) is 0 Å².